The SMILES string of the molecule is Cl.NC(CCCCOB(O)O)c1nnnn1Cc1ccc(Cl)cc1Cl. The van der Waals surface area contributed by atoms with E-state index in [0.29, 0.717) is 35.3 Å². The summed E-state index contributed by atoms with van der Waals surface area (Å²) in [6.07, 6.45) is 2.03. The number of tetrazole rings is 1. The van der Waals surface area contributed by atoms with Crippen molar-refractivity contribution < 1.29 is 14.7 Å². The number of aromatic nitrogens is 4. The molecule has 0 fully saturated rings. The Balaban J connectivity index is 0.00000312. The zero-order valence-electron chi connectivity index (χ0n) is 13.3. The highest BCUT2D eigenvalue weighted by atomic mass is 35.5. The molecule has 1 heterocycles. The van der Waals surface area contributed by atoms with Gasteiger partial charge in [-0.2, -0.15) is 0 Å². The van der Waals surface area contributed by atoms with E-state index in [9.17, 15) is 0 Å². The number of unbranched alkanes of at least 4 members (excludes halogenated alkanes) is 1. The van der Waals surface area contributed by atoms with E-state index in [1.54, 1.807) is 16.8 Å². The molecule has 0 aliphatic heterocycles. The van der Waals surface area contributed by atoms with Crippen molar-refractivity contribution in [2.45, 2.75) is 31.8 Å². The molecule has 0 aliphatic rings. The van der Waals surface area contributed by atoms with Crippen molar-refractivity contribution in [3.05, 3.63) is 39.6 Å². The second-order valence-electron chi connectivity index (χ2n) is 5.23. The molecule has 1 atom stereocenters. The second-order valence-corrected chi connectivity index (χ2v) is 6.07. The van der Waals surface area contributed by atoms with Gasteiger partial charge >= 0.3 is 7.32 Å². The van der Waals surface area contributed by atoms with Crippen LogP contribution in [0.15, 0.2) is 18.2 Å². The minimum atomic E-state index is -1.74. The first kappa shape index (κ1) is 22.1. The van der Waals surface area contributed by atoms with Crippen LogP contribution in [0.3, 0.4) is 0 Å². The molecule has 1 aromatic carbocycles. The lowest BCUT2D eigenvalue weighted by Crippen LogP contribution is -2.19. The summed E-state index contributed by atoms with van der Waals surface area (Å²) in [6.45, 7) is 0.640. The average Bonchev–Trinajstić information content (AvgIpc) is 2.97. The maximum Gasteiger partial charge on any atom is 0.633 e. The van der Waals surface area contributed by atoms with Crippen LogP contribution in [0.4, 0.5) is 0 Å². The third-order valence-electron chi connectivity index (χ3n) is 3.40. The van der Waals surface area contributed by atoms with Gasteiger partial charge in [0, 0.05) is 16.7 Å². The van der Waals surface area contributed by atoms with Gasteiger partial charge in [-0.3, -0.25) is 0 Å². The maximum atomic E-state index is 8.59. The molecular formula is C13H19BCl3N5O3. The fourth-order valence-corrected chi connectivity index (χ4v) is 2.65. The summed E-state index contributed by atoms with van der Waals surface area (Å²) < 4.78 is 6.24. The Morgan fingerprint density at radius 3 is 2.72 bits per heavy atom. The van der Waals surface area contributed by atoms with Crippen molar-refractivity contribution in [2.75, 3.05) is 6.61 Å². The van der Waals surface area contributed by atoms with E-state index in [2.05, 4.69) is 20.2 Å². The first-order valence-corrected chi connectivity index (χ1v) is 8.16. The number of hydrogen-bond acceptors (Lipinski definition) is 7. The molecule has 25 heavy (non-hydrogen) atoms. The molecule has 0 saturated heterocycles. The minimum absolute atomic E-state index is 0. The van der Waals surface area contributed by atoms with Crippen LogP contribution in [0, 0.1) is 0 Å². The monoisotopic (exact) mass is 409 g/mol. The molecule has 0 aliphatic carbocycles. The van der Waals surface area contributed by atoms with Crippen LogP contribution in [-0.2, 0) is 11.2 Å². The zero-order valence-corrected chi connectivity index (χ0v) is 15.6. The first-order valence-electron chi connectivity index (χ1n) is 7.40. The predicted octanol–water partition coefficient (Wildman–Crippen LogP) is 1.61. The van der Waals surface area contributed by atoms with Crippen LogP contribution < -0.4 is 5.73 Å². The van der Waals surface area contributed by atoms with Crippen molar-refractivity contribution in [2.24, 2.45) is 5.73 Å². The number of halogens is 3. The van der Waals surface area contributed by atoms with Crippen LogP contribution in [0.5, 0.6) is 0 Å². The van der Waals surface area contributed by atoms with Gasteiger partial charge in [0.1, 0.15) is 0 Å². The van der Waals surface area contributed by atoms with Crippen molar-refractivity contribution in [1.82, 2.24) is 20.2 Å². The summed E-state index contributed by atoms with van der Waals surface area (Å²) in [5.41, 5.74) is 6.98. The summed E-state index contributed by atoms with van der Waals surface area (Å²) in [4.78, 5) is 0. The Kier molecular flexibility index (Phi) is 9.66. The fourth-order valence-electron chi connectivity index (χ4n) is 2.19. The van der Waals surface area contributed by atoms with Gasteiger partial charge in [-0.1, -0.05) is 29.3 Å². The summed E-state index contributed by atoms with van der Waals surface area (Å²) >= 11 is 12.1. The molecule has 2 aromatic rings. The Bertz CT molecular complexity index is 662. The lowest BCUT2D eigenvalue weighted by Gasteiger charge is -2.12. The van der Waals surface area contributed by atoms with Crippen LogP contribution in [-0.4, -0.2) is 44.2 Å². The highest BCUT2D eigenvalue weighted by Gasteiger charge is 2.16. The number of benzene rings is 1. The van der Waals surface area contributed by atoms with Gasteiger partial charge in [0.15, 0.2) is 5.82 Å². The lowest BCUT2D eigenvalue weighted by atomic mass is 10.1. The van der Waals surface area contributed by atoms with E-state index >= 15 is 0 Å². The Morgan fingerprint density at radius 2 is 2.04 bits per heavy atom. The third-order valence-corrected chi connectivity index (χ3v) is 3.99. The number of nitrogens with two attached hydrogens (primary N) is 1. The van der Waals surface area contributed by atoms with E-state index in [-0.39, 0.29) is 25.1 Å². The molecule has 0 saturated carbocycles. The summed E-state index contributed by atoms with van der Waals surface area (Å²) in [5.74, 6) is 0.559. The largest absolute Gasteiger partial charge is 0.633 e. The topological polar surface area (TPSA) is 119 Å². The normalized spacial score (nSPS) is 11.9. The molecule has 1 unspecified atom stereocenters. The Morgan fingerprint density at radius 1 is 1.28 bits per heavy atom. The van der Waals surface area contributed by atoms with E-state index in [4.69, 9.17) is 39.0 Å². The predicted molar refractivity (Wildman–Crippen MR) is 97.6 cm³/mol. The molecule has 0 amide bonds. The van der Waals surface area contributed by atoms with Gasteiger partial charge in [-0.25, -0.2) is 4.68 Å². The molecule has 12 heteroatoms. The molecule has 0 bridgehead atoms. The number of rotatable bonds is 9. The van der Waals surface area contributed by atoms with Crippen LogP contribution in [0.25, 0.3) is 0 Å². The highest BCUT2D eigenvalue weighted by Crippen LogP contribution is 2.22. The molecule has 0 radical (unpaired) electrons. The average molecular weight is 410 g/mol. The van der Waals surface area contributed by atoms with Gasteiger partial charge in [0.2, 0.25) is 0 Å². The van der Waals surface area contributed by atoms with E-state index in [1.165, 1.54) is 0 Å². The van der Waals surface area contributed by atoms with Crippen LogP contribution in [0.1, 0.15) is 36.7 Å². The van der Waals surface area contributed by atoms with Crippen LogP contribution in [0.2, 0.25) is 10.0 Å². The molecule has 2 rings (SSSR count). The maximum absolute atomic E-state index is 8.59. The summed E-state index contributed by atoms with van der Waals surface area (Å²) in [7, 11) is -1.74. The van der Waals surface area contributed by atoms with Gasteiger partial charge in [0.25, 0.3) is 0 Å². The standard InChI is InChI=1S/C13H18BCl2N5O3.ClH/c15-10-5-4-9(11(16)7-10)8-21-13(18-19-20-21)12(17)3-1-2-6-24-14(22)23;/h4-5,7,12,22-23H,1-3,6,8,17H2;1H. The summed E-state index contributed by atoms with van der Waals surface area (Å²) in [6, 6.07) is 4.89. The second kappa shape index (κ2) is 10.9. The molecule has 0 spiro atoms. The smallest absolute Gasteiger partial charge is 0.402 e. The molecule has 4 N–H and O–H groups in total. The number of hydrogen-bond donors (Lipinski definition) is 3. The van der Waals surface area contributed by atoms with Gasteiger partial charge in [0.05, 0.1) is 12.6 Å². The van der Waals surface area contributed by atoms with E-state index < -0.39 is 7.32 Å². The summed E-state index contributed by atoms with van der Waals surface area (Å²) in [5, 5.41) is 29.9. The number of nitrogens with zero attached hydrogens (tertiary/aromatic N) is 4. The van der Waals surface area contributed by atoms with Gasteiger partial charge < -0.3 is 20.4 Å². The Labute approximate surface area is 161 Å². The molecular weight excluding hydrogens is 391 g/mol. The van der Waals surface area contributed by atoms with E-state index in [1.807, 2.05) is 6.07 Å². The molecule has 8 nitrogen and oxygen atoms in total. The fraction of sp³-hybridized carbons (Fsp3) is 0.462. The van der Waals surface area contributed by atoms with Gasteiger partial charge in [-0.05, 0) is 47.4 Å². The molecule has 138 valence electrons. The van der Waals surface area contributed by atoms with Crippen molar-refractivity contribution in [1.29, 1.82) is 0 Å². The molecule has 1 aromatic heterocycles. The minimum Gasteiger partial charge on any atom is -0.402 e. The van der Waals surface area contributed by atoms with Crippen molar-refractivity contribution in [3.63, 3.8) is 0 Å². The van der Waals surface area contributed by atoms with Crippen molar-refractivity contribution >= 4 is 42.9 Å². The first-order chi connectivity index (χ1) is 11.5. The van der Waals surface area contributed by atoms with Gasteiger partial charge in [-0.15, -0.1) is 17.5 Å². The Hall–Kier alpha value is -0.935. The highest BCUT2D eigenvalue weighted by molar-refractivity contribution is 6.35. The quantitative estimate of drug-likeness (QED) is 0.424. The lowest BCUT2D eigenvalue weighted by molar-refractivity contribution is 0.181. The zero-order chi connectivity index (χ0) is 17.5. The van der Waals surface area contributed by atoms with Crippen LogP contribution >= 0.6 is 35.6 Å². The van der Waals surface area contributed by atoms with E-state index in [0.717, 1.165) is 12.0 Å². The third kappa shape index (κ3) is 7.06. The van der Waals surface area contributed by atoms with Crippen molar-refractivity contribution in [3.8, 4) is 0 Å².